The predicted octanol–water partition coefficient (Wildman–Crippen LogP) is 3.66. The molecule has 37 heavy (non-hydrogen) atoms. The number of benzene rings is 2. The second-order valence-corrected chi connectivity index (χ2v) is 9.30. The number of imidazole rings is 1. The minimum absolute atomic E-state index is 0. The van der Waals surface area contributed by atoms with Crippen molar-refractivity contribution in [1.82, 2.24) is 40.1 Å². The molecule has 2 aromatic carbocycles. The summed E-state index contributed by atoms with van der Waals surface area (Å²) in [5.41, 5.74) is 3.14. The van der Waals surface area contributed by atoms with Crippen molar-refractivity contribution in [2.75, 3.05) is 19.7 Å². The Hall–Kier alpha value is -3.76. The highest BCUT2D eigenvalue weighted by atomic mass is 35.5. The first-order chi connectivity index (χ1) is 17.7. The zero-order chi connectivity index (χ0) is 24.3. The lowest BCUT2D eigenvalue weighted by atomic mass is 10.0. The number of nitrogens with zero attached hydrogens (tertiary/aromatic N) is 6. The number of aromatic amines is 2. The van der Waals surface area contributed by atoms with Crippen molar-refractivity contribution >= 4 is 34.5 Å². The monoisotopic (exact) mass is 520 g/mol. The molecule has 0 bridgehead atoms. The summed E-state index contributed by atoms with van der Waals surface area (Å²) in [5.74, 6) is 1.69. The Bertz CT molecular complexity index is 1520. The number of H-pyrrole nitrogens is 2. The maximum Gasteiger partial charge on any atom is 0.325 e. The number of hydrogen-bond donors (Lipinski definition) is 2. The van der Waals surface area contributed by atoms with E-state index in [1.807, 2.05) is 28.9 Å². The van der Waals surface area contributed by atoms with Gasteiger partial charge in [-0.05, 0) is 59.5 Å². The number of hydrogen-bond acceptors (Lipinski definition) is 7. The van der Waals surface area contributed by atoms with Crippen molar-refractivity contribution in [3.63, 3.8) is 0 Å². The van der Waals surface area contributed by atoms with Crippen molar-refractivity contribution in [2.45, 2.75) is 38.3 Å². The van der Waals surface area contributed by atoms with E-state index in [1.165, 1.54) is 5.56 Å². The molecular formula is C26H29ClN8O2. The summed E-state index contributed by atoms with van der Waals surface area (Å²) in [6.07, 6.45) is 3.67. The third kappa shape index (κ3) is 5.65. The van der Waals surface area contributed by atoms with Crippen LogP contribution in [0.4, 0.5) is 0 Å². The molecule has 11 heteroatoms. The van der Waals surface area contributed by atoms with E-state index in [0.717, 1.165) is 67.8 Å². The van der Waals surface area contributed by atoms with Gasteiger partial charge in [0.15, 0.2) is 11.5 Å². The second kappa shape index (κ2) is 11.1. The molecule has 0 unspecified atom stereocenters. The van der Waals surface area contributed by atoms with Gasteiger partial charge in [0.1, 0.15) is 5.75 Å². The topological polar surface area (TPSA) is 118 Å². The third-order valence-corrected chi connectivity index (χ3v) is 6.79. The molecule has 6 rings (SSSR count). The number of piperidine rings is 1. The summed E-state index contributed by atoms with van der Waals surface area (Å²) in [4.78, 5) is 23.9. The van der Waals surface area contributed by atoms with Crippen molar-refractivity contribution in [3.05, 3.63) is 76.5 Å². The normalized spacial score (nSPS) is 14.7. The van der Waals surface area contributed by atoms with E-state index in [9.17, 15) is 4.79 Å². The van der Waals surface area contributed by atoms with Crippen LogP contribution in [-0.4, -0.2) is 59.8 Å². The van der Waals surface area contributed by atoms with Gasteiger partial charge in [0.05, 0.1) is 23.7 Å². The van der Waals surface area contributed by atoms with Gasteiger partial charge >= 0.3 is 5.69 Å². The summed E-state index contributed by atoms with van der Waals surface area (Å²) in [5, 5.41) is 13.5. The van der Waals surface area contributed by atoms with Gasteiger partial charge in [-0.3, -0.25) is 9.88 Å². The fraction of sp³-hybridized carbons (Fsp3) is 0.346. The Morgan fingerprint density at radius 2 is 1.86 bits per heavy atom. The molecule has 0 saturated carbocycles. The number of halogens is 1. The van der Waals surface area contributed by atoms with Crippen LogP contribution in [0.3, 0.4) is 0 Å². The maximum absolute atomic E-state index is 11.5. The van der Waals surface area contributed by atoms with E-state index in [2.05, 4.69) is 65.7 Å². The summed E-state index contributed by atoms with van der Waals surface area (Å²) in [6, 6.07) is 18.6. The number of aryl methyl sites for hydroxylation is 1. The van der Waals surface area contributed by atoms with Crippen LogP contribution in [0.1, 0.15) is 36.7 Å². The average molecular weight is 521 g/mol. The first kappa shape index (κ1) is 24.9. The van der Waals surface area contributed by atoms with Crippen LogP contribution in [0.25, 0.3) is 22.1 Å². The fourth-order valence-electron chi connectivity index (χ4n) is 4.94. The molecule has 1 aliphatic rings. The van der Waals surface area contributed by atoms with Gasteiger partial charge < -0.3 is 9.72 Å². The van der Waals surface area contributed by atoms with E-state index in [0.29, 0.717) is 23.8 Å². The number of tetrazole rings is 1. The molecule has 4 heterocycles. The van der Waals surface area contributed by atoms with Gasteiger partial charge in [-0.2, -0.15) is 0 Å². The lowest BCUT2D eigenvalue weighted by Gasteiger charge is -2.32. The average Bonchev–Trinajstić information content (AvgIpc) is 3.51. The zero-order valence-electron chi connectivity index (χ0n) is 20.3. The summed E-state index contributed by atoms with van der Waals surface area (Å²) in [7, 11) is 0. The second-order valence-electron chi connectivity index (χ2n) is 9.30. The molecule has 3 aromatic heterocycles. The fourth-order valence-corrected chi connectivity index (χ4v) is 4.94. The van der Waals surface area contributed by atoms with Gasteiger partial charge in [-0.1, -0.05) is 30.3 Å². The van der Waals surface area contributed by atoms with Crippen molar-refractivity contribution < 1.29 is 4.74 Å². The standard InChI is InChI=1S/C26H28N8O2.ClH/c35-26-28-23-16-19-15-21(8-9-22(19)27-25(23)29-26)36-14-4-7-24-30-31-32-34(24)20-10-12-33(13-11-20)17-18-5-2-1-3-6-18;/h1-3,5-6,8-9,15-16,20H,4,7,10-14,17H2,(H2,27,28,29,35);1H. The smallest absolute Gasteiger partial charge is 0.325 e. The molecule has 10 nitrogen and oxygen atoms in total. The molecule has 0 aliphatic carbocycles. The van der Waals surface area contributed by atoms with Crippen molar-refractivity contribution in [2.24, 2.45) is 0 Å². The zero-order valence-corrected chi connectivity index (χ0v) is 21.2. The SMILES string of the molecule is Cl.O=c1[nH]c2cc3cc(OCCCc4nnnn4C4CCN(Cc5ccccc5)CC4)ccc3nc2[nH]1. The predicted molar refractivity (Wildman–Crippen MR) is 143 cm³/mol. The van der Waals surface area contributed by atoms with Crippen molar-refractivity contribution in [3.8, 4) is 5.75 Å². The van der Waals surface area contributed by atoms with E-state index < -0.39 is 0 Å². The molecule has 192 valence electrons. The number of aromatic nitrogens is 7. The number of pyridine rings is 1. The van der Waals surface area contributed by atoms with Gasteiger partial charge in [0.25, 0.3) is 0 Å². The first-order valence-electron chi connectivity index (χ1n) is 12.4. The van der Waals surface area contributed by atoms with Crippen LogP contribution >= 0.6 is 12.4 Å². The van der Waals surface area contributed by atoms with E-state index in [-0.39, 0.29) is 18.1 Å². The van der Waals surface area contributed by atoms with Crippen LogP contribution in [0.2, 0.25) is 0 Å². The number of rotatable bonds is 8. The lowest BCUT2D eigenvalue weighted by Crippen LogP contribution is -2.35. The Morgan fingerprint density at radius 3 is 2.70 bits per heavy atom. The molecule has 0 atom stereocenters. The minimum Gasteiger partial charge on any atom is -0.494 e. The Labute approximate surface area is 219 Å². The van der Waals surface area contributed by atoms with E-state index in [1.54, 1.807) is 0 Å². The highest BCUT2D eigenvalue weighted by molar-refractivity contribution is 5.90. The first-order valence-corrected chi connectivity index (χ1v) is 12.4. The van der Waals surface area contributed by atoms with Gasteiger partial charge in [0, 0.05) is 31.4 Å². The molecular weight excluding hydrogens is 492 g/mol. The molecule has 5 aromatic rings. The van der Waals surface area contributed by atoms with Gasteiger partial charge in [-0.25, -0.2) is 14.5 Å². The number of ether oxygens (including phenoxy) is 1. The van der Waals surface area contributed by atoms with Gasteiger partial charge in [0.2, 0.25) is 0 Å². The van der Waals surface area contributed by atoms with Gasteiger partial charge in [-0.15, -0.1) is 17.5 Å². The summed E-state index contributed by atoms with van der Waals surface area (Å²) >= 11 is 0. The van der Waals surface area contributed by atoms with Crippen LogP contribution in [0.5, 0.6) is 5.75 Å². The van der Waals surface area contributed by atoms with E-state index in [4.69, 9.17) is 4.74 Å². The molecule has 1 saturated heterocycles. The van der Waals surface area contributed by atoms with Crippen LogP contribution < -0.4 is 10.4 Å². The van der Waals surface area contributed by atoms with Crippen LogP contribution in [0.15, 0.2) is 59.4 Å². The molecule has 1 aliphatic heterocycles. The number of fused-ring (bicyclic) bond motifs is 2. The maximum atomic E-state index is 11.5. The van der Waals surface area contributed by atoms with Crippen LogP contribution in [0, 0.1) is 0 Å². The summed E-state index contributed by atoms with van der Waals surface area (Å²) < 4.78 is 8.01. The molecule has 2 N–H and O–H groups in total. The third-order valence-electron chi connectivity index (χ3n) is 6.79. The Morgan fingerprint density at radius 1 is 1.03 bits per heavy atom. The largest absolute Gasteiger partial charge is 0.494 e. The Kier molecular flexibility index (Phi) is 7.47. The molecule has 1 fully saturated rings. The molecule has 0 amide bonds. The number of nitrogens with one attached hydrogen (secondary N) is 2. The lowest BCUT2D eigenvalue weighted by molar-refractivity contribution is 0.170. The number of likely N-dealkylation sites (tertiary alicyclic amines) is 1. The minimum atomic E-state index is -0.260. The van der Waals surface area contributed by atoms with Crippen LogP contribution in [-0.2, 0) is 13.0 Å². The van der Waals surface area contributed by atoms with Crippen molar-refractivity contribution in [1.29, 1.82) is 0 Å². The molecule has 0 spiro atoms. The Balaban J connectivity index is 0.00000280. The molecule has 0 radical (unpaired) electrons. The van der Waals surface area contributed by atoms with E-state index >= 15 is 0 Å². The highest BCUT2D eigenvalue weighted by Gasteiger charge is 2.23. The highest BCUT2D eigenvalue weighted by Crippen LogP contribution is 2.25. The summed E-state index contributed by atoms with van der Waals surface area (Å²) in [6.45, 7) is 3.64. The quantitative estimate of drug-likeness (QED) is 0.300.